The average Bonchev–Trinajstić information content (AvgIpc) is 3.13. The molecule has 0 atom stereocenters. The summed E-state index contributed by atoms with van der Waals surface area (Å²) in [5.74, 6) is 2.18. The van der Waals surface area contributed by atoms with Gasteiger partial charge in [0.2, 0.25) is 5.82 Å². The highest BCUT2D eigenvalue weighted by molar-refractivity contribution is 5.96. The van der Waals surface area contributed by atoms with Crippen LogP contribution in [-0.4, -0.2) is 24.7 Å². The van der Waals surface area contributed by atoms with Crippen LogP contribution in [0, 0.1) is 0 Å². The van der Waals surface area contributed by atoms with Gasteiger partial charge < -0.3 is 4.74 Å². The maximum absolute atomic E-state index is 5.77. The van der Waals surface area contributed by atoms with Crippen LogP contribution in [0.25, 0.3) is 22.3 Å². The molecule has 1 aromatic heterocycles. The molecule has 2 aromatic carbocycles. The van der Waals surface area contributed by atoms with Gasteiger partial charge >= 0.3 is 0 Å². The van der Waals surface area contributed by atoms with Crippen molar-refractivity contribution >= 4 is 11.5 Å². The van der Waals surface area contributed by atoms with Crippen LogP contribution < -0.4 is 9.22 Å². The first-order chi connectivity index (χ1) is 15.7. The Hall–Kier alpha value is -2.65. The summed E-state index contributed by atoms with van der Waals surface area (Å²) >= 11 is 0. The molecule has 1 aliphatic rings. The zero-order valence-electron chi connectivity index (χ0n) is 20.2. The van der Waals surface area contributed by atoms with Gasteiger partial charge in [-0.25, -0.2) is 9.47 Å². The van der Waals surface area contributed by atoms with Crippen molar-refractivity contribution in [2.24, 2.45) is 0 Å². The topological polar surface area (TPSA) is 22.1 Å². The van der Waals surface area contributed by atoms with Crippen LogP contribution in [-0.2, 0) is 6.42 Å². The predicted octanol–water partition coefficient (Wildman–Crippen LogP) is 7.93. The van der Waals surface area contributed by atoms with E-state index in [1.54, 1.807) is 0 Å². The summed E-state index contributed by atoms with van der Waals surface area (Å²) in [6, 6.07) is 17.8. The highest BCUT2D eigenvalue weighted by atomic mass is 16.5. The lowest BCUT2D eigenvalue weighted by atomic mass is 9.95. The van der Waals surface area contributed by atoms with E-state index in [4.69, 9.17) is 9.72 Å². The zero-order valence-corrected chi connectivity index (χ0v) is 20.2. The Bertz CT molecular complexity index is 1050. The molecular formula is C29H37N2O+. The fourth-order valence-corrected chi connectivity index (χ4v) is 5.11. The molecule has 168 valence electrons. The molecule has 4 rings (SSSR count). The number of nitrogens with zero attached hydrogens (tertiary/aromatic N) is 2. The summed E-state index contributed by atoms with van der Waals surface area (Å²) < 4.78 is 6.62. The number of aromatic nitrogens is 1. The maximum Gasteiger partial charge on any atom is 0.241 e. The zero-order chi connectivity index (χ0) is 22.6. The van der Waals surface area contributed by atoms with Crippen LogP contribution in [0.1, 0.15) is 58.9 Å². The van der Waals surface area contributed by atoms with Gasteiger partial charge in [0, 0.05) is 12.3 Å². The Morgan fingerprint density at radius 1 is 0.812 bits per heavy atom. The Balaban J connectivity index is 1.79. The van der Waals surface area contributed by atoms with Crippen LogP contribution in [0.5, 0.6) is 5.75 Å². The third-order valence-corrected chi connectivity index (χ3v) is 6.94. The lowest BCUT2D eigenvalue weighted by Gasteiger charge is -2.31. The van der Waals surface area contributed by atoms with E-state index in [9.17, 15) is 0 Å². The number of fused-ring (bicyclic) bond motifs is 3. The second-order valence-electron chi connectivity index (χ2n) is 8.83. The van der Waals surface area contributed by atoms with E-state index in [1.165, 1.54) is 58.6 Å². The van der Waals surface area contributed by atoms with Gasteiger partial charge in [-0.3, -0.25) is 0 Å². The monoisotopic (exact) mass is 429 g/mol. The molecule has 0 fully saturated rings. The molecule has 0 saturated carbocycles. The number of benzene rings is 2. The number of aryl methyl sites for hydroxylation is 1. The molecule has 32 heavy (non-hydrogen) atoms. The average molecular weight is 430 g/mol. The molecule has 3 heteroatoms. The van der Waals surface area contributed by atoms with E-state index >= 15 is 0 Å². The van der Waals surface area contributed by atoms with Gasteiger partial charge in [0.25, 0.3) is 0 Å². The number of rotatable bonds is 10. The third kappa shape index (κ3) is 3.95. The Kier molecular flexibility index (Phi) is 6.95. The normalized spacial score (nSPS) is 13.6. The number of hydrogen-bond donors (Lipinski definition) is 0. The molecule has 0 N–H and O–H groups in total. The lowest BCUT2D eigenvalue weighted by Crippen LogP contribution is -2.42. The molecule has 2 heterocycles. The van der Waals surface area contributed by atoms with Gasteiger partial charge in [-0.15, -0.1) is 0 Å². The molecule has 0 radical (unpaired) electrons. The smallest absolute Gasteiger partial charge is 0.241 e. The molecular weight excluding hydrogens is 392 g/mol. The Morgan fingerprint density at radius 3 is 2.25 bits per heavy atom. The summed E-state index contributed by atoms with van der Waals surface area (Å²) in [5.41, 5.74) is 8.08. The Labute approximate surface area is 193 Å². The molecule has 0 bridgehead atoms. The van der Waals surface area contributed by atoms with E-state index in [1.807, 2.05) is 6.20 Å². The minimum atomic E-state index is 0.761. The second-order valence-corrected chi connectivity index (χ2v) is 8.83. The minimum Gasteiger partial charge on any atom is -0.494 e. The van der Waals surface area contributed by atoms with Crippen molar-refractivity contribution in [2.75, 3.05) is 19.7 Å². The summed E-state index contributed by atoms with van der Waals surface area (Å²) in [7, 11) is 0. The number of pyridine rings is 1. The number of ether oxygens (including phenoxy) is 1. The van der Waals surface area contributed by atoms with E-state index in [0.29, 0.717) is 0 Å². The first kappa shape index (κ1) is 22.5. The summed E-state index contributed by atoms with van der Waals surface area (Å²) in [6.07, 6.45) is 7.93. The van der Waals surface area contributed by atoms with Crippen molar-refractivity contribution in [3.05, 3.63) is 60.3 Å². The maximum atomic E-state index is 5.77. The van der Waals surface area contributed by atoms with E-state index in [0.717, 1.165) is 42.8 Å². The second kappa shape index (κ2) is 9.87. The van der Waals surface area contributed by atoms with E-state index in [2.05, 4.69) is 76.2 Å². The lowest BCUT2D eigenvalue weighted by molar-refractivity contribution is 0.317. The number of quaternary nitrogens is 1. The molecule has 0 unspecified atom stereocenters. The summed E-state index contributed by atoms with van der Waals surface area (Å²) in [6.45, 7) is 11.8. The van der Waals surface area contributed by atoms with Crippen molar-refractivity contribution in [3.63, 3.8) is 0 Å². The summed E-state index contributed by atoms with van der Waals surface area (Å²) in [4.78, 5) is 4.96. The molecule has 1 aliphatic heterocycles. The molecule has 0 aliphatic carbocycles. The van der Waals surface area contributed by atoms with Gasteiger partial charge in [-0.05, 0) is 80.1 Å². The van der Waals surface area contributed by atoms with Crippen molar-refractivity contribution < 1.29 is 4.74 Å². The van der Waals surface area contributed by atoms with Crippen molar-refractivity contribution in [3.8, 4) is 28.0 Å². The van der Waals surface area contributed by atoms with Crippen molar-refractivity contribution in [2.45, 2.75) is 59.8 Å². The molecule has 3 nitrogen and oxygen atoms in total. The van der Waals surface area contributed by atoms with Gasteiger partial charge in [-0.2, -0.15) is 0 Å². The molecule has 3 aromatic rings. The van der Waals surface area contributed by atoms with Gasteiger partial charge in [0.15, 0.2) is 0 Å². The third-order valence-electron chi connectivity index (χ3n) is 6.94. The largest absolute Gasteiger partial charge is 0.494 e. The molecule has 0 amide bonds. The van der Waals surface area contributed by atoms with Crippen LogP contribution in [0.3, 0.4) is 0 Å². The van der Waals surface area contributed by atoms with Gasteiger partial charge in [-0.1, -0.05) is 38.8 Å². The highest BCUT2D eigenvalue weighted by Crippen LogP contribution is 2.54. The van der Waals surface area contributed by atoms with Crippen LogP contribution in [0.2, 0.25) is 0 Å². The Morgan fingerprint density at radius 2 is 1.56 bits per heavy atom. The quantitative estimate of drug-likeness (QED) is 0.241. The van der Waals surface area contributed by atoms with Crippen LogP contribution in [0.4, 0.5) is 11.5 Å². The van der Waals surface area contributed by atoms with Crippen molar-refractivity contribution in [1.82, 2.24) is 9.47 Å². The fraction of sp³-hybridized carbons (Fsp3) is 0.414. The van der Waals surface area contributed by atoms with Crippen LogP contribution >= 0.6 is 0 Å². The van der Waals surface area contributed by atoms with Crippen LogP contribution in [0.15, 0.2) is 54.7 Å². The standard InChI is InChI=1S/C29H37N2O/c1-5-9-10-11-23-18-19-30-29-28(23)26-21-24(14-17-27(26)31(29,7-3)8-4)22-12-15-25(16-13-22)32-20-6-2/h12-19,21H,5-11,20H2,1-4H3/q+1. The fourth-order valence-electron chi connectivity index (χ4n) is 5.11. The predicted molar refractivity (Wildman–Crippen MR) is 137 cm³/mol. The van der Waals surface area contributed by atoms with Gasteiger partial charge in [0.05, 0.1) is 30.8 Å². The van der Waals surface area contributed by atoms with Gasteiger partial charge in [0.1, 0.15) is 11.4 Å². The highest BCUT2D eigenvalue weighted by Gasteiger charge is 2.44. The van der Waals surface area contributed by atoms with Crippen molar-refractivity contribution in [1.29, 1.82) is 0 Å². The molecule has 0 saturated heterocycles. The first-order valence-electron chi connectivity index (χ1n) is 12.4. The minimum absolute atomic E-state index is 0.761. The number of unbranched alkanes of at least 4 members (excludes halogenated alkanes) is 2. The first-order valence-corrected chi connectivity index (χ1v) is 12.4. The van der Waals surface area contributed by atoms with E-state index in [-0.39, 0.29) is 0 Å². The van der Waals surface area contributed by atoms with E-state index < -0.39 is 0 Å². The molecule has 0 spiro atoms. The number of hydrogen-bond acceptors (Lipinski definition) is 2. The summed E-state index contributed by atoms with van der Waals surface area (Å²) in [5, 5.41) is 0. The SMILES string of the molecule is CCCCCc1ccnc2c1-c1cc(-c3ccc(OCCC)cc3)ccc1[N+]2(CC)CC.